The van der Waals surface area contributed by atoms with Crippen LogP contribution in [0.1, 0.15) is 24.8 Å². The Kier molecular flexibility index (Phi) is 2.88. The average molecular weight is 276 g/mol. The van der Waals surface area contributed by atoms with Crippen LogP contribution in [-0.2, 0) is 15.4 Å². The number of fused-ring (bicyclic) bond motifs is 1. The molecule has 0 amide bonds. The summed E-state index contributed by atoms with van der Waals surface area (Å²) >= 11 is 0. The van der Waals surface area contributed by atoms with Crippen LogP contribution in [0.25, 0.3) is 0 Å². The van der Waals surface area contributed by atoms with Gasteiger partial charge in [0.1, 0.15) is 5.54 Å². The molecule has 0 radical (unpaired) electrons. The van der Waals surface area contributed by atoms with Gasteiger partial charge in [0.05, 0.1) is 16.7 Å². The van der Waals surface area contributed by atoms with Crippen LogP contribution in [0.3, 0.4) is 0 Å². The van der Waals surface area contributed by atoms with Crippen molar-refractivity contribution < 1.29 is 8.42 Å². The van der Waals surface area contributed by atoms with Crippen LogP contribution in [-0.4, -0.2) is 20.7 Å². The van der Waals surface area contributed by atoms with Gasteiger partial charge in [-0.25, -0.2) is 8.42 Å². The third-order valence-electron chi connectivity index (χ3n) is 4.01. The van der Waals surface area contributed by atoms with Gasteiger partial charge in [0.15, 0.2) is 9.84 Å². The quantitative estimate of drug-likeness (QED) is 0.910. The Labute approximate surface area is 113 Å². The van der Waals surface area contributed by atoms with Crippen molar-refractivity contribution in [1.82, 2.24) is 5.32 Å². The Morgan fingerprint density at radius 2 is 2.11 bits per heavy atom. The van der Waals surface area contributed by atoms with Crippen LogP contribution in [0.4, 0.5) is 0 Å². The summed E-state index contributed by atoms with van der Waals surface area (Å²) in [6, 6.07) is 9.19. The number of sulfone groups is 1. The summed E-state index contributed by atoms with van der Waals surface area (Å²) in [6.45, 7) is 0.794. The largest absolute Gasteiger partial charge is 0.295 e. The Bertz CT molecular complexity index is 644. The lowest BCUT2D eigenvalue weighted by molar-refractivity contribution is 0.389. The van der Waals surface area contributed by atoms with Gasteiger partial charge in [-0.05, 0) is 37.8 Å². The zero-order chi connectivity index (χ0) is 13.5. The summed E-state index contributed by atoms with van der Waals surface area (Å²) in [5.41, 5.74) is -0.228. The second-order valence-electron chi connectivity index (χ2n) is 5.41. The second kappa shape index (κ2) is 4.32. The van der Waals surface area contributed by atoms with Crippen molar-refractivity contribution in [3.05, 3.63) is 29.8 Å². The van der Waals surface area contributed by atoms with Gasteiger partial charge in [-0.1, -0.05) is 18.2 Å². The number of nitrogens with one attached hydrogen (secondary N) is 1. The molecule has 1 aromatic carbocycles. The predicted molar refractivity (Wildman–Crippen MR) is 71.1 cm³/mol. The van der Waals surface area contributed by atoms with E-state index in [4.69, 9.17) is 0 Å². The highest BCUT2D eigenvalue weighted by Crippen LogP contribution is 2.38. The molecule has 5 heteroatoms. The fourth-order valence-electron chi connectivity index (χ4n) is 2.60. The Morgan fingerprint density at radius 3 is 2.79 bits per heavy atom. The zero-order valence-corrected chi connectivity index (χ0v) is 11.4. The molecule has 3 rings (SSSR count). The van der Waals surface area contributed by atoms with Crippen LogP contribution in [0.15, 0.2) is 29.2 Å². The molecular weight excluding hydrogens is 260 g/mol. The van der Waals surface area contributed by atoms with Crippen molar-refractivity contribution in [1.29, 1.82) is 5.26 Å². The fraction of sp³-hybridized carbons (Fsp3) is 0.500. The number of rotatable bonds is 3. The molecule has 19 heavy (non-hydrogen) atoms. The van der Waals surface area contributed by atoms with Crippen LogP contribution in [0, 0.1) is 17.2 Å². The molecule has 1 aliphatic heterocycles. The lowest BCUT2D eigenvalue weighted by atomic mass is 9.88. The minimum Gasteiger partial charge on any atom is -0.295 e. The van der Waals surface area contributed by atoms with Crippen LogP contribution >= 0.6 is 0 Å². The molecule has 2 aliphatic rings. The summed E-state index contributed by atoms with van der Waals surface area (Å²) in [5.74, 6) is 0.686. The second-order valence-corrected chi connectivity index (χ2v) is 7.48. The van der Waals surface area contributed by atoms with Crippen molar-refractivity contribution in [2.45, 2.75) is 29.7 Å². The smallest absolute Gasteiger partial charge is 0.178 e. The molecule has 0 spiro atoms. The highest BCUT2D eigenvalue weighted by atomic mass is 32.2. The lowest BCUT2D eigenvalue weighted by Gasteiger charge is -2.34. The summed E-state index contributed by atoms with van der Waals surface area (Å²) in [7, 11) is -3.24. The average Bonchev–Trinajstić information content (AvgIpc) is 3.23. The van der Waals surface area contributed by atoms with E-state index >= 15 is 0 Å². The molecular formula is C14H16N2O2S. The summed E-state index contributed by atoms with van der Waals surface area (Å²) < 4.78 is 24.2. The maximum atomic E-state index is 12.1. The van der Waals surface area contributed by atoms with Gasteiger partial charge in [-0.3, -0.25) is 5.32 Å². The number of nitriles is 1. The van der Waals surface area contributed by atoms with E-state index in [0.717, 1.165) is 6.54 Å². The fourth-order valence-corrected chi connectivity index (χ4v) is 4.26. The molecule has 100 valence electrons. The maximum Gasteiger partial charge on any atom is 0.178 e. The molecule has 1 N–H and O–H groups in total. The van der Waals surface area contributed by atoms with E-state index in [1.54, 1.807) is 24.3 Å². The molecule has 1 saturated carbocycles. The monoisotopic (exact) mass is 276 g/mol. The normalized spacial score (nSPS) is 28.4. The molecule has 0 bridgehead atoms. The molecule has 1 heterocycles. The molecule has 1 fully saturated rings. The molecule has 1 atom stereocenters. The summed E-state index contributed by atoms with van der Waals surface area (Å²) in [4.78, 5) is 0.311. The first-order valence-corrected chi connectivity index (χ1v) is 8.21. The van der Waals surface area contributed by atoms with Crippen molar-refractivity contribution in [2.24, 2.45) is 5.92 Å². The zero-order valence-electron chi connectivity index (χ0n) is 10.6. The molecule has 0 aromatic heterocycles. The van der Waals surface area contributed by atoms with E-state index in [2.05, 4.69) is 11.4 Å². The first kappa shape index (κ1) is 12.6. The van der Waals surface area contributed by atoms with Crippen molar-refractivity contribution >= 4 is 9.84 Å². The molecule has 0 saturated heterocycles. The van der Waals surface area contributed by atoms with Gasteiger partial charge in [0, 0.05) is 5.56 Å². The van der Waals surface area contributed by atoms with Crippen LogP contribution < -0.4 is 5.32 Å². The van der Waals surface area contributed by atoms with Crippen LogP contribution in [0.5, 0.6) is 0 Å². The predicted octanol–water partition coefficient (Wildman–Crippen LogP) is 1.58. The topological polar surface area (TPSA) is 70.0 Å². The van der Waals surface area contributed by atoms with E-state index < -0.39 is 15.4 Å². The van der Waals surface area contributed by atoms with Crippen molar-refractivity contribution in [3.8, 4) is 6.07 Å². The highest BCUT2D eigenvalue weighted by molar-refractivity contribution is 7.91. The third-order valence-corrected chi connectivity index (χ3v) is 5.78. The van der Waals surface area contributed by atoms with Gasteiger partial charge in [0.25, 0.3) is 0 Å². The standard InChI is InChI=1S/C14H16N2O2S/c15-10-14(16-9-11-5-6-11)7-8-19(17,18)13-4-2-1-3-12(13)14/h1-4,11,16H,5-9H2. The number of hydrogen-bond donors (Lipinski definition) is 1. The molecule has 1 unspecified atom stereocenters. The van der Waals surface area contributed by atoms with E-state index in [0.29, 0.717) is 22.8 Å². The highest BCUT2D eigenvalue weighted by Gasteiger charge is 2.42. The van der Waals surface area contributed by atoms with Gasteiger partial charge < -0.3 is 0 Å². The Balaban J connectivity index is 2.04. The number of nitrogens with zero attached hydrogens (tertiary/aromatic N) is 1. The van der Waals surface area contributed by atoms with Gasteiger partial charge in [-0.2, -0.15) is 5.26 Å². The molecule has 4 nitrogen and oxygen atoms in total. The first-order valence-electron chi connectivity index (χ1n) is 6.56. The van der Waals surface area contributed by atoms with Gasteiger partial charge >= 0.3 is 0 Å². The van der Waals surface area contributed by atoms with Gasteiger partial charge in [0.2, 0.25) is 0 Å². The SMILES string of the molecule is N#CC1(NCC2CC2)CCS(=O)(=O)c2ccccc21. The van der Waals surface area contributed by atoms with E-state index in [-0.39, 0.29) is 5.75 Å². The Morgan fingerprint density at radius 1 is 1.37 bits per heavy atom. The third kappa shape index (κ3) is 2.15. The van der Waals surface area contributed by atoms with Crippen LogP contribution in [0.2, 0.25) is 0 Å². The van der Waals surface area contributed by atoms with E-state index in [9.17, 15) is 13.7 Å². The Hall–Kier alpha value is -1.38. The first-order chi connectivity index (χ1) is 9.07. The minimum atomic E-state index is -3.24. The van der Waals surface area contributed by atoms with E-state index in [1.807, 2.05) is 0 Å². The summed E-state index contributed by atoms with van der Waals surface area (Å²) in [6.07, 6.45) is 2.73. The lowest BCUT2D eigenvalue weighted by Crippen LogP contribution is -2.47. The van der Waals surface area contributed by atoms with Gasteiger partial charge in [-0.15, -0.1) is 0 Å². The van der Waals surface area contributed by atoms with Crippen molar-refractivity contribution in [2.75, 3.05) is 12.3 Å². The summed E-state index contributed by atoms with van der Waals surface area (Å²) in [5, 5.41) is 12.9. The molecule has 1 aliphatic carbocycles. The minimum absolute atomic E-state index is 0.0369. The number of hydrogen-bond acceptors (Lipinski definition) is 4. The van der Waals surface area contributed by atoms with E-state index in [1.165, 1.54) is 12.8 Å². The maximum absolute atomic E-state index is 12.1. The van der Waals surface area contributed by atoms with Crippen molar-refractivity contribution in [3.63, 3.8) is 0 Å². The number of benzene rings is 1. The molecule has 1 aromatic rings.